The molecule has 2 rings (SSSR count). The monoisotopic (exact) mass is 215 g/mol. The van der Waals surface area contributed by atoms with Crippen molar-refractivity contribution in [2.45, 2.75) is 6.92 Å². The Morgan fingerprint density at radius 2 is 2.19 bits per heavy atom. The zero-order chi connectivity index (χ0) is 11.7. The number of aromatic amines is 1. The molecule has 82 valence electrons. The number of rotatable bonds is 2. The van der Waals surface area contributed by atoms with Crippen molar-refractivity contribution in [2.75, 3.05) is 7.11 Å². The summed E-state index contributed by atoms with van der Waals surface area (Å²) in [5.74, 6) is -0.358. The zero-order valence-corrected chi connectivity index (χ0v) is 9.33. The number of hydrogen-bond donors (Lipinski definition) is 1. The van der Waals surface area contributed by atoms with E-state index in [4.69, 9.17) is 0 Å². The normalized spacial score (nSPS) is 10.4. The Labute approximate surface area is 93.7 Å². The number of methoxy groups -OCH3 is 1. The van der Waals surface area contributed by atoms with Crippen LogP contribution in [0.15, 0.2) is 24.8 Å². The minimum Gasteiger partial charge on any atom is -0.464 e. The summed E-state index contributed by atoms with van der Waals surface area (Å²) in [5, 5.41) is 0.987. The molecule has 0 aliphatic carbocycles. The van der Waals surface area contributed by atoms with Gasteiger partial charge >= 0.3 is 5.97 Å². The maximum absolute atomic E-state index is 11.4. The maximum atomic E-state index is 11.4. The van der Waals surface area contributed by atoms with Crippen LogP contribution in [0.4, 0.5) is 0 Å². The molecule has 3 nitrogen and oxygen atoms in total. The molecule has 0 amide bonds. The summed E-state index contributed by atoms with van der Waals surface area (Å²) in [6.45, 7) is 5.77. The molecule has 1 aromatic heterocycles. The van der Waals surface area contributed by atoms with Crippen molar-refractivity contribution >= 4 is 22.9 Å². The number of fused-ring (bicyclic) bond motifs is 1. The number of ether oxygens (including phenoxy) is 1. The number of carbonyl (C=O) groups excluding carboxylic acids is 1. The Bertz CT molecular complexity index is 567. The molecule has 0 bridgehead atoms. The van der Waals surface area contributed by atoms with E-state index in [0.29, 0.717) is 5.69 Å². The Morgan fingerprint density at radius 1 is 1.44 bits per heavy atom. The molecule has 1 aromatic carbocycles. The van der Waals surface area contributed by atoms with Crippen LogP contribution >= 0.6 is 0 Å². The number of carbonyl (C=O) groups is 1. The van der Waals surface area contributed by atoms with Gasteiger partial charge in [0.25, 0.3) is 0 Å². The number of esters is 1. The SMILES string of the molecule is C=Cc1cc(C)cc2[nH]c(C(=O)OC)cc12. The molecule has 0 aliphatic rings. The first kappa shape index (κ1) is 10.5. The minimum atomic E-state index is -0.358. The van der Waals surface area contributed by atoms with Gasteiger partial charge in [-0.15, -0.1) is 0 Å². The van der Waals surface area contributed by atoms with Crippen LogP contribution < -0.4 is 0 Å². The molecule has 0 unspecified atom stereocenters. The van der Waals surface area contributed by atoms with Gasteiger partial charge in [-0.3, -0.25) is 0 Å². The zero-order valence-electron chi connectivity index (χ0n) is 9.33. The van der Waals surface area contributed by atoms with E-state index in [1.807, 2.05) is 19.1 Å². The van der Waals surface area contributed by atoms with Gasteiger partial charge in [0.15, 0.2) is 0 Å². The van der Waals surface area contributed by atoms with Gasteiger partial charge in [-0.1, -0.05) is 18.7 Å². The average molecular weight is 215 g/mol. The molecule has 0 spiro atoms. The van der Waals surface area contributed by atoms with E-state index in [1.54, 1.807) is 12.1 Å². The van der Waals surface area contributed by atoms with Gasteiger partial charge < -0.3 is 9.72 Å². The smallest absolute Gasteiger partial charge is 0.354 e. The summed E-state index contributed by atoms with van der Waals surface area (Å²) in [6.07, 6.45) is 1.78. The highest BCUT2D eigenvalue weighted by Crippen LogP contribution is 2.23. The summed E-state index contributed by atoms with van der Waals surface area (Å²) in [7, 11) is 1.37. The predicted octanol–water partition coefficient (Wildman–Crippen LogP) is 2.91. The summed E-state index contributed by atoms with van der Waals surface area (Å²) in [5.41, 5.74) is 3.53. The van der Waals surface area contributed by atoms with E-state index >= 15 is 0 Å². The Hall–Kier alpha value is -2.03. The van der Waals surface area contributed by atoms with Crippen molar-refractivity contribution in [1.82, 2.24) is 4.98 Å². The summed E-state index contributed by atoms with van der Waals surface area (Å²) < 4.78 is 4.67. The van der Waals surface area contributed by atoms with Crippen LogP contribution in [-0.2, 0) is 4.74 Å². The lowest BCUT2D eigenvalue weighted by atomic mass is 10.1. The quantitative estimate of drug-likeness (QED) is 0.782. The second-order valence-electron chi connectivity index (χ2n) is 3.69. The average Bonchev–Trinajstić information content (AvgIpc) is 2.70. The van der Waals surface area contributed by atoms with Gasteiger partial charge in [-0.25, -0.2) is 4.79 Å². The molecule has 16 heavy (non-hydrogen) atoms. The molecule has 0 saturated carbocycles. The van der Waals surface area contributed by atoms with Crippen LogP contribution in [0.1, 0.15) is 21.6 Å². The molecular formula is C13H13NO2. The molecule has 0 aliphatic heterocycles. The Kier molecular flexibility index (Phi) is 2.52. The molecule has 0 radical (unpaired) electrons. The van der Waals surface area contributed by atoms with Crippen molar-refractivity contribution in [3.8, 4) is 0 Å². The van der Waals surface area contributed by atoms with Crippen molar-refractivity contribution in [3.63, 3.8) is 0 Å². The van der Waals surface area contributed by atoms with E-state index in [9.17, 15) is 4.79 Å². The van der Waals surface area contributed by atoms with Crippen molar-refractivity contribution < 1.29 is 9.53 Å². The Balaban J connectivity index is 2.69. The number of aromatic nitrogens is 1. The third-order valence-corrected chi connectivity index (χ3v) is 2.54. The highest BCUT2D eigenvalue weighted by atomic mass is 16.5. The molecule has 2 aromatic rings. The van der Waals surface area contributed by atoms with E-state index in [1.165, 1.54) is 7.11 Å². The predicted molar refractivity (Wildman–Crippen MR) is 64.5 cm³/mol. The van der Waals surface area contributed by atoms with Crippen LogP contribution in [-0.4, -0.2) is 18.1 Å². The highest BCUT2D eigenvalue weighted by Gasteiger charge is 2.11. The maximum Gasteiger partial charge on any atom is 0.354 e. The van der Waals surface area contributed by atoms with Crippen LogP contribution in [0, 0.1) is 6.92 Å². The molecule has 0 saturated heterocycles. The van der Waals surface area contributed by atoms with Crippen LogP contribution in [0.25, 0.3) is 17.0 Å². The Morgan fingerprint density at radius 3 is 2.81 bits per heavy atom. The minimum absolute atomic E-state index is 0.358. The van der Waals surface area contributed by atoms with Crippen LogP contribution in [0.5, 0.6) is 0 Å². The third kappa shape index (κ3) is 1.60. The summed E-state index contributed by atoms with van der Waals surface area (Å²) >= 11 is 0. The summed E-state index contributed by atoms with van der Waals surface area (Å²) in [4.78, 5) is 14.4. The van der Waals surface area contributed by atoms with Crippen molar-refractivity contribution in [1.29, 1.82) is 0 Å². The first-order chi connectivity index (χ1) is 7.65. The van der Waals surface area contributed by atoms with E-state index in [2.05, 4.69) is 16.3 Å². The van der Waals surface area contributed by atoms with Crippen LogP contribution in [0.3, 0.4) is 0 Å². The largest absolute Gasteiger partial charge is 0.464 e. The second kappa shape index (κ2) is 3.85. The highest BCUT2D eigenvalue weighted by molar-refractivity contribution is 5.98. The third-order valence-electron chi connectivity index (χ3n) is 2.54. The van der Waals surface area contributed by atoms with Gasteiger partial charge in [0.2, 0.25) is 0 Å². The van der Waals surface area contributed by atoms with Gasteiger partial charge in [0.1, 0.15) is 5.69 Å². The molecule has 3 heteroatoms. The number of H-pyrrole nitrogens is 1. The van der Waals surface area contributed by atoms with Gasteiger partial charge in [-0.05, 0) is 30.2 Å². The molecule has 1 heterocycles. The van der Waals surface area contributed by atoms with E-state index in [-0.39, 0.29) is 5.97 Å². The fraction of sp³-hybridized carbons (Fsp3) is 0.154. The number of nitrogens with one attached hydrogen (secondary N) is 1. The molecule has 0 fully saturated rings. The van der Waals surface area contributed by atoms with E-state index in [0.717, 1.165) is 22.0 Å². The lowest BCUT2D eigenvalue weighted by Crippen LogP contribution is -2.00. The summed E-state index contributed by atoms with van der Waals surface area (Å²) in [6, 6.07) is 5.82. The first-order valence-electron chi connectivity index (χ1n) is 5.00. The fourth-order valence-electron chi connectivity index (χ4n) is 1.80. The number of aryl methyl sites for hydroxylation is 1. The fourth-order valence-corrected chi connectivity index (χ4v) is 1.80. The topological polar surface area (TPSA) is 42.1 Å². The first-order valence-corrected chi connectivity index (χ1v) is 5.00. The molecular weight excluding hydrogens is 202 g/mol. The lowest BCUT2D eigenvalue weighted by Gasteiger charge is -1.98. The number of hydrogen-bond acceptors (Lipinski definition) is 2. The van der Waals surface area contributed by atoms with Gasteiger partial charge in [0, 0.05) is 10.9 Å². The number of benzene rings is 1. The standard InChI is InChI=1S/C13H13NO2/c1-4-9-5-8(2)6-11-10(9)7-12(14-11)13(15)16-3/h4-7,14H,1H2,2-3H3. The van der Waals surface area contributed by atoms with Crippen molar-refractivity contribution in [3.05, 3.63) is 41.6 Å². The molecule has 1 N–H and O–H groups in total. The van der Waals surface area contributed by atoms with E-state index < -0.39 is 0 Å². The van der Waals surface area contributed by atoms with Crippen LogP contribution in [0.2, 0.25) is 0 Å². The lowest BCUT2D eigenvalue weighted by molar-refractivity contribution is 0.0595. The van der Waals surface area contributed by atoms with Gasteiger partial charge in [0.05, 0.1) is 7.11 Å². The van der Waals surface area contributed by atoms with Crippen molar-refractivity contribution in [2.24, 2.45) is 0 Å². The second-order valence-corrected chi connectivity index (χ2v) is 3.69. The molecule has 0 atom stereocenters. The van der Waals surface area contributed by atoms with Gasteiger partial charge in [-0.2, -0.15) is 0 Å².